The average molecular weight is 250 g/mol. The van der Waals surface area contributed by atoms with Crippen LogP contribution in [0.3, 0.4) is 0 Å². The molecule has 0 bridgehead atoms. The predicted molar refractivity (Wildman–Crippen MR) is 73.2 cm³/mol. The van der Waals surface area contributed by atoms with E-state index in [-0.39, 0.29) is 0 Å². The van der Waals surface area contributed by atoms with Crippen LogP contribution in [0, 0.1) is 11.8 Å². The second-order valence-corrected chi connectivity index (χ2v) is 5.68. The number of aromatic nitrogens is 3. The van der Waals surface area contributed by atoms with Gasteiger partial charge in [-0.15, -0.1) is 5.10 Å². The summed E-state index contributed by atoms with van der Waals surface area (Å²) in [6.45, 7) is 5.53. The minimum absolute atomic E-state index is 0.411. The van der Waals surface area contributed by atoms with Gasteiger partial charge in [0.15, 0.2) is 0 Å². The lowest BCUT2D eigenvalue weighted by atomic mass is 9.78. The first-order chi connectivity index (χ1) is 8.76. The molecule has 1 saturated carbocycles. The minimum Gasteiger partial charge on any atom is -0.311 e. The van der Waals surface area contributed by atoms with E-state index < -0.39 is 0 Å². The lowest BCUT2D eigenvalue weighted by molar-refractivity contribution is 0.223. The van der Waals surface area contributed by atoms with Gasteiger partial charge in [0.25, 0.3) is 0 Å². The van der Waals surface area contributed by atoms with Crippen LogP contribution in [0.4, 0.5) is 0 Å². The van der Waals surface area contributed by atoms with Gasteiger partial charge in [0, 0.05) is 6.54 Å². The Balaban J connectivity index is 2.13. The van der Waals surface area contributed by atoms with E-state index in [1.807, 2.05) is 6.20 Å². The first-order valence-electron chi connectivity index (χ1n) is 7.31. The van der Waals surface area contributed by atoms with E-state index in [1.165, 1.54) is 31.4 Å². The van der Waals surface area contributed by atoms with Crippen molar-refractivity contribution in [3.8, 4) is 0 Å². The van der Waals surface area contributed by atoms with E-state index in [0.717, 1.165) is 24.8 Å². The summed E-state index contributed by atoms with van der Waals surface area (Å²) in [6, 6.07) is 0.411. The van der Waals surface area contributed by atoms with Crippen molar-refractivity contribution in [1.82, 2.24) is 20.3 Å². The highest BCUT2D eigenvalue weighted by molar-refractivity contribution is 5.05. The maximum atomic E-state index is 4.22. The maximum absolute atomic E-state index is 4.22. The highest BCUT2D eigenvalue weighted by atomic mass is 15.4. The fourth-order valence-corrected chi connectivity index (χ4v) is 3.30. The molecule has 1 aliphatic rings. The highest BCUT2D eigenvalue weighted by Gasteiger charge is 2.29. The molecule has 4 nitrogen and oxygen atoms in total. The molecule has 1 aromatic heterocycles. The number of nitrogens with one attached hydrogen (secondary N) is 1. The summed E-state index contributed by atoms with van der Waals surface area (Å²) in [5.41, 5.74) is 1.26. The second kappa shape index (κ2) is 6.32. The Kier molecular flexibility index (Phi) is 4.75. The fraction of sp³-hybridized carbons (Fsp3) is 0.857. The molecule has 3 atom stereocenters. The van der Waals surface area contributed by atoms with Crippen LogP contribution in [0.5, 0.6) is 0 Å². The van der Waals surface area contributed by atoms with Crippen LogP contribution in [0.25, 0.3) is 0 Å². The van der Waals surface area contributed by atoms with Crippen LogP contribution < -0.4 is 5.32 Å². The molecule has 1 aliphatic carbocycles. The van der Waals surface area contributed by atoms with Crippen molar-refractivity contribution < 1.29 is 0 Å². The zero-order valence-electron chi connectivity index (χ0n) is 11.9. The molecular weight excluding hydrogens is 224 g/mol. The quantitative estimate of drug-likeness (QED) is 0.874. The van der Waals surface area contributed by atoms with E-state index in [0.29, 0.717) is 6.04 Å². The molecule has 0 radical (unpaired) electrons. The van der Waals surface area contributed by atoms with Crippen LogP contribution in [0.15, 0.2) is 6.20 Å². The topological polar surface area (TPSA) is 42.7 Å². The minimum atomic E-state index is 0.411. The number of hydrogen-bond donors (Lipinski definition) is 1. The lowest BCUT2D eigenvalue weighted by Crippen LogP contribution is -2.31. The molecule has 0 aromatic carbocycles. The normalized spacial score (nSPS) is 26.2. The van der Waals surface area contributed by atoms with E-state index in [4.69, 9.17) is 0 Å². The SMILES string of the molecule is CCCn1nncc1C(NC)C1CCCC(C)C1. The third kappa shape index (κ3) is 2.91. The second-order valence-electron chi connectivity index (χ2n) is 5.68. The van der Waals surface area contributed by atoms with Crippen molar-refractivity contribution >= 4 is 0 Å². The monoisotopic (exact) mass is 250 g/mol. The first kappa shape index (κ1) is 13.5. The van der Waals surface area contributed by atoms with Gasteiger partial charge < -0.3 is 5.32 Å². The van der Waals surface area contributed by atoms with Gasteiger partial charge in [0.05, 0.1) is 17.9 Å². The summed E-state index contributed by atoms with van der Waals surface area (Å²) in [4.78, 5) is 0. The van der Waals surface area contributed by atoms with Crippen molar-refractivity contribution in [3.63, 3.8) is 0 Å². The van der Waals surface area contributed by atoms with Crippen LogP contribution in [0.2, 0.25) is 0 Å². The van der Waals surface area contributed by atoms with Crippen LogP contribution >= 0.6 is 0 Å². The van der Waals surface area contributed by atoms with Gasteiger partial charge >= 0.3 is 0 Å². The Bertz CT molecular complexity index is 360. The number of nitrogens with zero attached hydrogens (tertiary/aromatic N) is 3. The molecule has 4 heteroatoms. The van der Waals surface area contributed by atoms with Gasteiger partial charge in [-0.2, -0.15) is 0 Å². The van der Waals surface area contributed by atoms with Gasteiger partial charge in [-0.25, -0.2) is 4.68 Å². The number of aryl methyl sites for hydroxylation is 1. The molecule has 1 fully saturated rings. The third-order valence-electron chi connectivity index (χ3n) is 4.16. The van der Waals surface area contributed by atoms with Gasteiger partial charge in [-0.1, -0.05) is 31.9 Å². The zero-order chi connectivity index (χ0) is 13.0. The Morgan fingerprint density at radius 2 is 2.33 bits per heavy atom. The fourth-order valence-electron chi connectivity index (χ4n) is 3.30. The lowest BCUT2D eigenvalue weighted by Gasteiger charge is -2.33. The Labute approximate surface area is 110 Å². The predicted octanol–water partition coefficient (Wildman–Crippen LogP) is 2.77. The van der Waals surface area contributed by atoms with Gasteiger partial charge in [-0.3, -0.25) is 0 Å². The van der Waals surface area contributed by atoms with Gasteiger partial charge in [0.1, 0.15) is 0 Å². The zero-order valence-corrected chi connectivity index (χ0v) is 11.9. The van der Waals surface area contributed by atoms with Gasteiger partial charge in [-0.05, 0) is 38.1 Å². The molecule has 102 valence electrons. The molecule has 1 aromatic rings. The molecule has 3 unspecified atom stereocenters. The number of rotatable bonds is 5. The van der Waals surface area contributed by atoms with E-state index in [2.05, 4.69) is 41.2 Å². The van der Waals surface area contributed by atoms with Crippen molar-refractivity contribution in [3.05, 3.63) is 11.9 Å². The van der Waals surface area contributed by atoms with Crippen molar-refractivity contribution in [2.45, 2.75) is 58.5 Å². The van der Waals surface area contributed by atoms with Crippen LogP contribution in [-0.4, -0.2) is 22.0 Å². The Morgan fingerprint density at radius 1 is 1.50 bits per heavy atom. The molecule has 0 saturated heterocycles. The van der Waals surface area contributed by atoms with Crippen molar-refractivity contribution in [2.75, 3.05) is 7.05 Å². The van der Waals surface area contributed by atoms with Gasteiger partial charge in [0.2, 0.25) is 0 Å². The molecule has 0 aliphatic heterocycles. The summed E-state index contributed by atoms with van der Waals surface area (Å²) in [7, 11) is 2.06. The summed E-state index contributed by atoms with van der Waals surface area (Å²) in [5, 5.41) is 11.8. The molecule has 0 spiro atoms. The third-order valence-corrected chi connectivity index (χ3v) is 4.16. The Hall–Kier alpha value is -0.900. The molecule has 2 rings (SSSR count). The highest BCUT2D eigenvalue weighted by Crippen LogP contribution is 2.36. The molecule has 1 heterocycles. The maximum Gasteiger partial charge on any atom is 0.0759 e. The first-order valence-corrected chi connectivity index (χ1v) is 7.31. The largest absolute Gasteiger partial charge is 0.311 e. The molecular formula is C14H26N4. The standard InChI is InChI=1S/C14H26N4/c1-4-8-18-13(10-16-17-18)14(15-3)12-7-5-6-11(2)9-12/h10-12,14-15H,4-9H2,1-3H3. The average Bonchev–Trinajstić information content (AvgIpc) is 2.79. The molecule has 0 amide bonds. The number of hydrogen-bond acceptors (Lipinski definition) is 3. The molecule has 1 N–H and O–H groups in total. The van der Waals surface area contributed by atoms with E-state index in [1.54, 1.807) is 0 Å². The summed E-state index contributed by atoms with van der Waals surface area (Å²) in [5.74, 6) is 1.59. The summed E-state index contributed by atoms with van der Waals surface area (Å²) in [6.07, 6.45) is 8.44. The van der Waals surface area contributed by atoms with E-state index >= 15 is 0 Å². The van der Waals surface area contributed by atoms with Crippen LogP contribution in [-0.2, 0) is 6.54 Å². The van der Waals surface area contributed by atoms with Crippen molar-refractivity contribution in [1.29, 1.82) is 0 Å². The molecule has 18 heavy (non-hydrogen) atoms. The summed E-state index contributed by atoms with van der Waals surface area (Å²) < 4.78 is 2.07. The van der Waals surface area contributed by atoms with E-state index in [9.17, 15) is 0 Å². The van der Waals surface area contributed by atoms with Crippen molar-refractivity contribution in [2.24, 2.45) is 11.8 Å². The Morgan fingerprint density at radius 3 is 3.00 bits per heavy atom. The summed E-state index contributed by atoms with van der Waals surface area (Å²) >= 11 is 0. The smallest absolute Gasteiger partial charge is 0.0759 e. The van der Waals surface area contributed by atoms with Crippen LogP contribution in [0.1, 0.15) is 57.7 Å².